The largest absolute Gasteiger partial charge is 0.493 e. The van der Waals surface area contributed by atoms with E-state index in [1.165, 1.54) is 0 Å². The number of aromatic nitrogens is 2. The van der Waals surface area contributed by atoms with Gasteiger partial charge in [0, 0.05) is 30.1 Å². The Bertz CT molecular complexity index is 1300. The summed E-state index contributed by atoms with van der Waals surface area (Å²) >= 11 is 6.22. The van der Waals surface area contributed by atoms with Crippen molar-refractivity contribution in [3.8, 4) is 5.75 Å². The average Bonchev–Trinajstić information content (AvgIpc) is 3.19. The summed E-state index contributed by atoms with van der Waals surface area (Å²) in [4.78, 5) is 28.5. The van der Waals surface area contributed by atoms with Crippen molar-refractivity contribution in [3.63, 3.8) is 0 Å². The van der Waals surface area contributed by atoms with Crippen LogP contribution in [0.5, 0.6) is 5.75 Å². The van der Waals surface area contributed by atoms with Crippen LogP contribution in [0.3, 0.4) is 0 Å². The van der Waals surface area contributed by atoms with Gasteiger partial charge in [0.05, 0.1) is 17.6 Å². The Morgan fingerprint density at radius 1 is 1.03 bits per heavy atom. The second-order valence-electron chi connectivity index (χ2n) is 7.78. The number of rotatable bonds is 10. The first-order valence-corrected chi connectivity index (χ1v) is 11.3. The summed E-state index contributed by atoms with van der Waals surface area (Å²) < 4.78 is 7.60. The van der Waals surface area contributed by atoms with Crippen LogP contribution >= 0.6 is 11.6 Å². The van der Waals surface area contributed by atoms with E-state index in [4.69, 9.17) is 21.4 Å². The smallest absolute Gasteiger partial charge is 0.303 e. The zero-order chi connectivity index (χ0) is 23.9. The van der Waals surface area contributed by atoms with Crippen LogP contribution < -0.4 is 10.1 Å². The zero-order valence-corrected chi connectivity index (χ0v) is 19.2. The van der Waals surface area contributed by atoms with Crippen LogP contribution in [-0.2, 0) is 17.9 Å². The summed E-state index contributed by atoms with van der Waals surface area (Å²) in [5, 5.41) is 12.3. The van der Waals surface area contributed by atoms with Crippen LogP contribution in [0.25, 0.3) is 11.0 Å². The lowest BCUT2D eigenvalue weighted by Crippen LogP contribution is -2.26. The first kappa shape index (κ1) is 23.3. The highest BCUT2D eigenvalue weighted by Crippen LogP contribution is 2.23. The van der Waals surface area contributed by atoms with E-state index in [1.807, 2.05) is 59.2 Å². The molecule has 0 aliphatic rings. The number of nitrogens with zero attached hydrogens (tertiary/aromatic N) is 2. The Balaban J connectivity index is 1.53. The van der Waals surface area contributed by atoms with Gasteiger partial charge in [-0.25, -0.2) is 4.98 Å². The molecular formula is C26H24ClN3O4. The minimum Gasteiger partial charge on any atom is -0.493 e. The number of ether oxygens (including phenoxy) is 1. The monoisotopic (exact) mass is 477 g/mol. The van der Waals surface area contributed by atoms with E-state index >= 15 is 0 Å². The molecule has 7 nitrogen and oxygen atoms in total. The Hall–Kier alpha value is -3.84. The zero-order valence-electron chi connectivity index (χ0n) is 18.4. The number of halogens is 1. The molecule has 0 aliphatic heterocycles. The predicted molar refractivity (Wildman–Crippen MR) is 130 cm³/mol. The molecule has 0 aliphatic carbocycles. The van der Waals surface area contributed by atoms with Crippen molar-refractivity contribution in [1.82, 2.24) is 14.9 Å². The lowest BCUT2D eigenvalue weighted by Gasteiger charge is -2.13. The average molecular weight is 478 g/mol. The van der Waals surface area contributed by atoms with Crippen molar-refractivity contribution < 1.29 is 19.4 Å². The first-order chi connectivity index (χ1) is 16.5. The number of carbonyl (C=O) groups is 2. The van der Waals surface area contributed by atoms with Crippen LogP contribution in [0.4, 0.5) is 0 Å². The van der Waals surface area contributed by atoms with Gasteiger partial charge in [-0.3, -0.25) is 9.59 Å². The van der Waals surface area contributed by atoms with Gasteiger partial charge in [0.25, 0.3) is 5.91 Å². The number of fused-ring (bicyclic) bond motifs is 1. The second-order valence-corrected chi connectivity index (χ2v) is 8.21. The second kappa shape index (κ2) is 10.9. The Morgan fingerprint density at radius 3 is 2.59 bits per heavy atom. The third-order valence-corrected chi connectivity index (χ3v) is 5.54. The van der Waals surface area contributed by atoms with Crippen LogP contribution in [0, 0.1) is 0 Å². The Labute approximate surface area is 202 Å². The van der Waals surface area contributed by atoms with Gasteiger partial charge >= 0.3 is 5.97 Å². The molecule has 4 rings (SSSR count). The molecular weight excluding hydrogens is 454 g/mol. The number of carboxylic acid groups (broad SMARTS) is 1. The number of benzene rings is 3. The van der Waals surface area contributed by atoms with Gasteiger partial charge in [-0.05, 0) is 36.2 Å². The highest BCUT2D eigenvalue weighted by atomic mass is 35.5. The van der Waals surface area contributed by atoms with E-state index in [9.17, 15) is 9.59 Å². The lowest BCUT2D eigenvalue weighted by atomic mass is 10.2. The Kier molecular flexibility index (Phi) is 7.44. The van der Waals surface area contributed by atoms with Crippen molar-refractivity contribution in [3.05, 3.63) is 94.8 Å². The van der Waals surface area contributed by atoms with Crippen LogP contribution in [0.15, 0.2) is 72.8 Å². The molecule has 34 heavy (non-hydrogen) atoms. The number of hydrogen-bond donors (Lipinski definition) is 2. The van der Waals surface area contributed by atoms with E-state index in [2.05, 4.69) is 10.3 Å². The summed E-state index contributed by atoms with van der Waals surface area (Å²) in [5.41, 5.74) is 3.30. The molecule has 0 radical (unpaired) electrons. The van der Waals surface area contributed by atoms with E-state index in [-0.39, 0.29) is 25.5 Å². The summed E-state index contributed by atoms with van der Waals surface area (Å²) in [6.07, 6.45) is 0.447. The standard InChI is InChI=1S/C26H24ClN3O4/c27-20-12-13-21-22(15-20)30(17-18-7-2-1-3-8-18)25(29-21)26(33)28-16-19-9-4-5-10-23(19)34-14-6-11-24(31)32/h1-5,7-10,12-13,15H,6,11,14,16-17H2,(H,28,33)(H,31,32). The van der Waals surface area contributed by atoms with E-state index in [0.29, 0.717) is 35.1 Å². The maximum atomic E-state index is 13.2. The van der Waals surface area contributed by atoms with E-state index in [0.717, 1.165) is 16.6 Å². The molecule has 0 atom stereocenters. The molecule has 8 heteroatoms. The van der Waals surface area contributed by atoms with Gasteiger partial charge < -0.3 is 19.7 Å². The number of amides is 1. The molecule has 174 valence electrons. The molecule has 0 spiro atoms. The number of nitrogens with one attached hydrogen (secondary N) is 1. The topological polar surface area (TPSA) is 93.4 Å². The SMILES string of the molecule is O=C(O)CCCOc1ccccc1CNC(=O)c1nc2ccc(Cl)cc2n1Cc1ccccc1. The fourth-order valence-corrected chi connectivity index (χ4v) is 3.81. The molecule has 1 amide bonds. The normalized spacial score (nSPS) is 10.9. The molecule has 0 bridgehead atoms. The fourth-order valence-electron chi connectivity index (χ4n) is 3.65. The van der Waals surface area contributed by atoms with Gasteiger partial charge in [-0.1, -0.05) is 60.1 Å². The van der Waals surface area contributed by atoms with Gasteiger partial charge in [0.2, 0.25) is 0 Å². The van der Waals surface area contributed by atoms with Gasteiger partial charge in [-0.15, -0.1) is 0 Å². The maximum Gasteiger partial charge on any atom is 0.303 e. The number of para-hydroxylation sites is 1. The summed E-state index contributed by atoms with van der Waals surface area (Å²) in [7, 11) is 0. The third kappa shape index (κ3) is 5.74. The quantitative estimate of drug-likeness (QED) is 0.316. The Morgan fingerprint density at radius 2 is 1.79 bits per heavy atom. The lowest BCUT2D eigenvalue weighted by molar-refractivity contribution is -0.137. The molecule has 4 aromatic rings. The molecule has 0 saturated carbocycles. The van der Waals surface area contributed by atoms with Crippen LogP contribution in [0.2, 0.25) is 5.02 Å². The number of carbonyl (C=O) groups excluding carboxylic acids is 1. The van der Waals surface area contributed by atoms with Gasteiger partial charge in [0.1, 0.15) is 5.75 Å². The number of hydrogen-bond acceptors (Lipinski definition) is 4. The summed E-state index contributed by atoms with van der Waals surface area (Å²) in [6, 6.07) is 22.6. The van der Waals surface area contributed by atoms with Crippen molar-refractivity contribution >= 4 is 34.5 Å². The summed E-state index contributed by atoms with van der Waals surface area (Å²) in [5.74, 6) is -0.272. The number of aliphatic carboxylic acids is 1. The number of imidazole rings is 1. The summed E-state index contributed by atoms with van der Waals surface area (Å²) in [6.45, 7) is 0.998. The maximum absolute atomic E-state index is 13.2. The van der Waals surface area contributed by atoms with Gasteiger partial charge in [0.15, 0.2) is 5.82 Å². The molecule has 1 aromatic heterocycles. The molecule has 0 saturated heterocycles. The van der Waals surface area contributed by atoms with Crippen molar-refractivity contribution in [2.24, 2.45) is 0 Å². The minimum absolute atomic E-state index is 0.0422. The van der Waals surface area contributed by atoms with Crippen molar-refractivity contribution in [2.45, 2.75) is 25.9 Å². The first-order valence-electron chi connectivity index (χ1n) is 10.9. The van der Waals surface area contributed by atoms with Gasteiger partial charge in [-0.2, -0.15) is 0 Å². The minimum atomic E-state index is -0.858. The molecule has 0 unspecified atom stereocenters. The van der Waals surface area contributed by atoms with E-state index in [1.54, 1.807) is 18.2 Å². The number of carboxylic acids is 1. The molecule has 3 aromatic carbocycles. The van der Waals surface area contributed by atoms with Crippen molar-refractivity contribution in [2.75, 3.05) is 6.61 Å². The third-order valence-electron chi connectivity index (χ3n) is 5.30. The highest BCUT2D eigenvalue weighted by Gasteiger charge is 2.19. The highest BCUT2D eigenvalue weighted by molar-refractivity contribution is 6.31. The fraction of sp³-hybridized carbons (Fsp3) is 0.192. The molecule has 1 heterocycles. The predicted octanol–water partition coefficient (Wildman–Crippen LogP) is 4.91. The van der Waals surface area contributed by atoms with Crippen LogP contribution in [-0.4, -0.2) is 33.1 Å². The molecule has 0 fully saturated rings. The van der Waals surface area contributed by atoms with Crippen molar-refractivity contribution in [1.29, 1.82) is 0 Å². The van der Waals surface area contributed by atoms with Crippen LogP contribution in [0.1, 0.15) is 34.6 Å². The van der Waals surface area contributed by atoms with E-state index < -0.39 is 5.97 Å². The molecule has 2 N–H and O–H groups in total.